The number of nitrogens with zero attached hydrogens (tertiary/aromatic N) is 6. The Balaban J connectivity index is 1.18. The number of hydrogen-bond acceptors (Lipinski definition) is 9. The molecule has 4 heterocycles. The molecule has 9 nitrogen and oxygen atoms in total. The molecular weight excluding hydrogens is 470 g/mol. The van der Waals surface area contributed by atoms with E-state index in [-0.39, 0.29) is 5.95 Å². The van der Waals surface area contributed by atoms with Crippen LogP contribution in [0.15, 0.2) is 24.0 Å². The average molecular weight is 504 g/mol. The molecule has 2 aliphatic carbocycles. The normalized spacial score (nSPS) is 19.1. The second-order valence-corrected chi connectivity index (χ2v) is 11.0. The molecule has 188 valence electrons. The Morgan fingerprint density at radius 1 is 1.00 bits per heavy atom. The maximum Gasteiger partial charge on any atom is 0.248 e. The van der Waals surface area contributed by atoms with Crippen molar-refractivity contribution in [2.75, 3.05) is 11.1 Å². The molecule has 6 rings (SSSR count). The average Bonchev–Trinajstić information content (AvgIpc) is 3.44. The van der Waals surface area contributed by atoms with Gasteiger partial charge < -0.3 is 16.4 Å². The minimum absolute atomic E-state index is 0.277. The fourth-order valence-electron chi connectivity index (χ4n) is 5.58. The van der Waals surface area contributed by atoms with Crippen LogP contribution in [-0.4, -0.2) is 41.8 Å². The van der Waals surface area contributed by atoms with E-state index in [1.807, 2.05) is 13.1 Å². The van der Waals surface area contributed by atoms with Gasteiger partial charge in [0.1, 0.15) is 6.33 Å². The highest BCUT2D eigenvalue weighted by Gasteiger charge is 2.21. The summed E-state index contributed by atoms with van der Waals surface area (Å²) in [5, 5.41) is 13.9. The van der Waals surface area contributed by atoms with Crippen LogP contribution in [0.25, 0.3) is 16.0 Å². The lowest BCUT2D eigenvalue weighted by Gasteiger charge is -2.30. The SMILES string of the molecule is Cc1csc2c(-n3nc(Nc4cnc5c(c4)CCC(NC4CCCCC4)CCC5)nc3N)ncnc12. The number of fused-ring (bicyclic) bond motifs is 2. The third-order valence-electron chi connectivity index (χ3n) is 7.47. The van der Waals surface area contributed by atoms with Gasteiger partial charge in [-0.25, -0.2) is 9.97 Å². The maximum absolute atomic E-state index is 6.24. The number of thiophene rings is 1. The Morgan fingerprint density at radius 3 is 2.72 bits per heavy atom. The molecule has 4 N–H and O–H groups in total. The molecule has 2 aliphatic rings. The predicted octanol–water partition coefficient (Wildman–Crippen LogP) is 4.86. The molecule has 4 aromatic heterocycles. The molecular formula is C26H33N9S. The summed E-state index contributed by atoms with van der Waals surface area (Å²) in [6.45, 7) is 2.04. The number of nitrogens with one attached hydrogen (secondary N) is 2. The van der Waals surface area contributed by atoms with Gasteiger partial charge in [0.15, 0.2) is 5.82 Å². The van der Waals surface area contributed by atoms with E-state index in [1.165, 1.54) is 56.2 Å². The lowest BCUT2D eigenvalue weighted by atomic mass is 9.90. The third kappa shape index (κ3) is 4.79. The Bertz CT molecular complexity index is 1350. The molecule has 1 unspecified atom stereocenters. The van der Waals surface area contributed by atoms with Crippen molar-refractivity contribution >= 4 is 39.1 Å². The van der Waals surface area contributed by atoms with Crippen LogP contribution in [0, 0.1) is 6.92 Å². The van der Waals surface area contributed by atoms with Gasteiger partial charge in [-0.3, -0.25) is 4.98 Å². The lowest BCUT2D eigenvalue weighted by Crippen LogP contribution is -2.40. The summed E-state index contributed by atoms with van der Waals surface area (Å²) < 4.78 is 2.52. The second kappa shape index (κ2) is 10.1. The van der Waals surface area contributed by atoms with E-state index in [0.717, 1.165) is 40.7 Å². The minimum atomic E-state index is 0.277. The van der Waals surface area contributed by atoms with Gasteiger partial charge >= 0.3 is 0 Å². The van der Waals surface area contributed by atoms with Crippen LogP contribution in [0.5, 0.6) is 0 Å². The van der Waals surface area contributed by atoms with E-state index in [4.69, 9.17) is 10.7 Å². The minimum Gasteiger partial charge on any atom is -0.368 e. The van der Waals surface area contributed by atoms with E-state index in [1.54, 1.807) is 22.3 Å². The van der Waals surface area contributed by atoms with Crippen molar-refractivity contribution in [3.63, 3.8) is 0 Å². The van der Waals surface area contributed by atoms with E-state index in [9.17, 15) is 0 Å². The summed E-state index contributed by atoms with van der Waals surface area (Å²) in [5.74, 6) is 1.35. The van der Waals surface area contributed by atoms with Gasteiger partial charge in [0, 0.05) is 17.8 Å². The summed E-state index contributed by atoms with van der Waals surface area (Å²) in [5.41, 5.74) is 11.7. The fourth-order valence-corrected chi connectivity index (χ4v) is 6.55. The van der Waals surface area contributed by atoms with Gasteiger partial charge in [0.05, 0.1) is 22.1 Å². The van der Waals surface area contributed by atoms with E-state index < -0.39 is 0 Å². The molecule has 0 aliphatic heterocycles. The van der Waals surface area contributed by atoms with Crippen LogP contribution < -0.4 is 16.4 Å². The van der Waals surface area contributed by atoms with E-state index >= 15 is 0 Å². The highest BCUT2D eigenvalue weighted by molar-refractivity contribution is 7.17. The number of nitrogens with two attached hydrogens (primary N) is 1. The van der Waals surface area contributed by atoms with Gasteiger partial charge in [-0.05, 0) is 74.4 Å². The Kier molecular flexibility index (Phi) is 6.54. The second-order valence-electron chi connectivity index (χ2n) is 10.1. The first-order valence-electron chi connectivity index (χ1n) is 13.1. The lowest BCUT2D eigenvalue weighted by molar-refractivity contribution is 0.313. The number of hydrogen-bond donors (Lipinski definition) is 3. The van der Waals surface area contributed by atoms with E-state index in [0.29, 0.717) is 23.8 Å². The van der Waals surface area contributed by atoms with Crippen molar-refractivity contribution in [1.82, 2.24) is 35.0 Å². The molecule has 1 saturated carbocycles. The van der Waals surface area contributed by atoms with Crippen molar-refractivity contribution in [3.8, 4) is 5.82 Å². The molecule has 0 bridgehead atoms. The van der Waals surface area contributed by atoms with Crippen molar-refractivity contribution in [1.29, 1.82) is 0 Å². The van der Waals surface area contributed by atoms with E-state index in [2.05, 4.69) is 42.1 Å². The molecule has 1 fully saturated rings. The van der Waals surface area contributed by atoms with Gasteiger partial charge in [0.25, 0.3) is 0 Å². The maximum atomic E-state index is 6.24. The molecule has 0 aromatic carbocycles. The third-order valence-corrected chi connectivity index (χ3v) is 8.55. The van der Waals surface area contributed by atoms with Gasteiger partial charge in [-0.2, -0.15) is 9.67 Å². The zero-order valence-corrected chi connectivity index (χ0v) is 21.5. The largest absolute Gasteiger partial charge is 0.368 e. The standard InChI is InChI=1S/C26H33N9S/c1-16-14-36-23-22(16)29-15-30-24(23)35-25(27)33-26(34-35)32-20-12-17-10-11-19(8-5-9-21(17)28-13-20)31-18-6-3-2-4-7-18/h12-15,18-19,31H,2-11H2,1H3,(H3,27,32,33,34). The Labute approximate surface area is 215 Å². The Hall–Kier alpha value is -3.11. The number of rotatable bonds is 5. The first kappa shape index (κ1) is 23.3. The van der Waals surface area contributed by atoms with Crippen molar-refractivity contribution < 1.29 is 0 Å². The number of anilines is 3. The van der Waals surface area contributed by atoms with Crippen LogP contribution in [0.4, 0.5) is 17.6 Å². The fraction of sp³-hybridized carbons (Fsp3) is 0.500. The van der Waals surface area contributed by atoms with Crippen LogP contribution in [-0.2, 0) is 12.8 Å². The highest BCUT2D eigenvalue weighted by atomic mass is 32.1. The summed E-state index contributed by atoms with van der Waals surface area (Å²) >= 11 is 1.58. The predicted molar refractivity (Wildman–Crippen MR) is 144 cm³/mol. The number of nitrogen functional groups attached to an aromatic ring is 1. The van der Waals surface area contributed by atoms with Crippen LogP contribution in [0.2, 0.25) is 0 Å². The van der Waals surface area contributed by atoms with Gasteiger partial charge in [-0.1, -0.05) is 19.3 Å². The van der Waals surface area contributed by atoms with Gasteiger partial charge in [0.2, 0.25) is 11.9 Å². The number of pyridine rings is 1. The number of aromatic nitrogens is 6. The highest BCUT2D eigenvalue weighted by Crippen LogP contribution is 2.29. The van der Waals surface area contributed by atoms with Gasteiger partial charge in [-0.15, -0.1) is 16.4 Å². The van der Waals surface area contributed by atoms with Crippen LogP contribution in [0.3, 0.4) is 0 Å². The summed E-state index contributed by atoms with van der Waals surface area (Å²) in [7, 11) is 0. The van der Waals surface area contributed by atoms with Crippen LogP contribution >= 0.6 is 11.3 Å². The molecule has 36 heavy (non-hydrogen) atoms. The molecule has 10 heteroatoms. The zero-order chi connectivity index (χ0) is 24.5. The zero-order valence-electron chi connectivity index (χ0n) is 20.7. The Morgan fingerprint density at radius 2 is 1.83 bits per heavy atom. The molecule has 0 spiro atoms. The molecule has 4 aromatic rings. The van der Waals surface area contributed by atoms with Crippen LogP contribution in [0.1, 0.15) is 68.2 Å². The summed E-state index contributed by atoms with van der Waals surface area (Å²) in [4.78, 5) is 18.1. The summed E-state index contributed by atoms with van der Waals surface area (Å²) in [6.07, 6.45) is 15.8. The molecule has 0 saturated heterocycles. The number of aryl methyl sites for hydroxylation is 3. The monoisotopic (exact) mass is 503 g/mol. The molecule has 0 amide bonds. The smallest absolute Gasteiger partial charge is 0.248 e. The molecule has 1 atom stereocenters. The first-order valence-corrected chi connectivity index (χ1v) is 13.9. The first-order chi connectivity index (χ1) is 17.6. The van der Waals surface area contributed by atoms with Crippen molar-refractivity contribution in [2.45, 2.75) is 83.2 Å². The van der Waals surface area contributed by atoms with Crippen molar-refractivity contribution in [3.05, 3.63) is 40.8 Å². The van der Waals surface area contributed by atoms with Crippen molar-refractivity contribution in [2.24, 2.45) is 0 Å². The quantitative estimate of drug-likeness (QED) is 0.353. The summed E-state index contributed by atoms with van der Waals surface area (Å²) in [6, 6.07) is 3.50. The molecule has 0 radical (unpaired) electrons. The topological polar surface area (TPSA) is 119 Å².